The van der Waals surface area contributed by atoms with Crippen LogP contribution in [0.3, 0.4) is 0 Å². The van der Waals surface area contributed by atoms with Gasteiger partial charge < -0.3 is 4.52 Å². The second-order valence-corrected chi connectivity index (χ2v) is 9.59. The van der Waals surface area contributed by atoms with E-state index in [-0.39, 0.29) is 0 Å². The molecule has 35 heavy (non-hydrogen) atoms. The molecule has 0 bridgehead atoms. The smallest absolute Gasteiger partial charge is 0.270 e. The summed E-state index contributed by atoms with van der Waals surface area (Å²) in [6.07, 6.45) is 2.07. The molecule has 9 nitrogen and oxygen atoms in total. The Bertz CT molecular complexity index is 1410. The molecule has 0 spiro atoms. The van der Waals surface area contributed by atoms with Gasteiger partial charge in [-0.05, 0) is 63.4 Å². The maximum atomic E-state index is 12.9. The van der Waals surface area contributed by atoms with Gasteiger partial charge in [-0.2, -0.15) is 0 Å². The molecular weight excluding hydrogens is 464 g/mol. The minimum atomic E-state index is -0.444. The zero-order valence-electron chi connectivity index (χ0n) is 19.6. The van der Waals surface area contributed by atoms with Crippen LogP contribution in [0.4, 0.5) is 0 Å². The van der Waals surface area contributed by atoms with Crippen molar-refractivity contribution in [2.24, 2.45) is 0 Å². The number of carbonyl (C=O) groups is 2. The molecular formula is C25H24N6O3S. The summed E-state index contributed by atoms with van der Waals surface area (Å²) in [4.78, 5) is 38.9. The SMILES string of the molecule is Cc1cc(C)nc(SCc2ccc(C(=O)NNC(=O)c3cc(C4CC4)nc4onc(C)c34)cc2)n1. The number of rotatable bonds is 6. The van der Waals surface area contributed by atoms with Gasteiger partial charge in [0, 0.05) is 34.3 Å². The lowest BCUT2D eigenvalue weighted by Gasteiger charge is -2.10. The van der Waals surface area contributed by atoms with E-state index in [9.17, 15) is 9.59 Å². The molecule has 0 unspecified atom stereocenters. The second-order valence-electron chi connectivity index (χ2n) is 8.64. The molecule has 5 rings (SSSR count). The van der Waals surface area contributed by atoms with Gasteiger partial charge in [0.2, 0.25) is 0 Å². The van der Waals surface area contributed by atoms with Crippen LogP contribution in [0.25, 0.3) is 11.1 Å². The van der Waals surface area contributed by atoms with Gasteiger partial charge in [-0.3, -0.25) is 20.4 Å². The summed E-state index contributed by atoms with van der Waals surface area (Å²) >= 11 is 1.54. The number of aromatic nitrogens is 4. The number of fused-ring (bicyclic) bond motifs is 1. The predicted molar refractivity (Wildman–Crippen MR) is 131 cm³/mol. The highest BCUT2D eigenvalue weighted by Crippen LogP contribution is 2.40. The molecule has 3 heterocycles. The first kappa shape index (κ1) is 23.0. The van der Waals surface area contributed by atoms with Crippen molar-refractivity contribution in [3.05, 3.63) is 75.9 Å². The van der Waals surface area contributed by atoms with Crippen molar-refractivity contribution in [1.29, 1.82) is 0 Å². The molecule has 3 aromatic heterocycles. The zero-order chi connectivity index (χ0) is 24.5. The molecule has 4 aromatic rings. The predicted octanol–water partition coefficient (Wildman–Crippen LogP) is 4.18. The molecule has 1 aromatic carbocycles. The first-order valence-corrected chi connectivity index (χ1v) is 12.3. The molecule has 1 aliphatic carbocycles. The summed E-state index contributed by atoms with van der Waals surface area (Å²) in [5, 5.41) is 5.22. The van der Waals surface area contributed by atoms with Crippen LogP contribution < -0.4 is 10.9 Å². The van der Waals surface area contributed by atoms with Gasteiger partial charge in [-0.15, -0.1) is 0 Å². The van der Waals surface area contributed by atoms with Crippen LogP contribution in [0.5, 0.6) is 0 Å². The third-order valence-electron chi connectivity index (χ3n) is 5.71. The molecule has 1 fully saturated rings. The van der Waals surface area contributed by atoms with E-state index < -0.39 is 11.8 Å². The number of benzene rings is 1. The Hall–Kier alpha value is -3.79. The molecule has 1 saturated carbocycles. The van der Waals surface area contributed by atoms with Crippen molar-refractivity contribution in [2.45, 2.75) is 50.4 Å². The number of pyridine rings is 1. The maximum absolute atomic E-state index is 12.9. The standard InChI is InChI=1S/C25H24N6O3S/c1-13-10-14(2)27-25(26-13)35-12-16-4-6-18(7-5-16)22(32)29-30-23(33)19-11-20(17-8-9-17)28-24-21(19)15(3)31-34-24/h4-7,10-11,17H,8-9,12H2,1-3H3,(H,29,32)(H,30,33). The van der Waals surface area contributed by atoms with Crippen LogP contribution in [-0.4, -0.2) is 31.9 Å². The molecule has 178 valence electrons. The number of hydrazine groups is 1. The number of hydrogen-bond acceptors (Lipinski definition) is 8. The minimum Gasteiger partial charge on any atom is -0.336 e. The van der Waals surface area contributed by atoms with Gasteiger partial charge in [0.15, 0.2) is 5.16 Å². The van der Waals surface area contributed by atoms with E-state index in [2.05, 4.69) is 31.0 Å². The Kier molecular flexibility index (Phi) is 6.21. The first-order chi connectivity index (χ1) is 16.9. The summed E-state index contributed by atoms with van der Waals surface area (Å²) in [5.41, 5.74) is 10.4. The Labute approximate surface area is 206 Å². The van der Waals surface area contributed by atoms with Gasteiger partial charge >= 0.3 is 0 Å². The van der Waals surface area contributed by atoms with Crippen LogP contribution in [0.2, 0.25) is 0 Å². The number of nitrogens with zero attached hydrogens (tertiary/aromatic N) is 4. The van der Waals surface area contributed by atoms with Crippen LogP contribution in [0.15, 0.2) is 46.1 Å². The van der Waals surface area contributed by atoms with Gasteiger partial charge in [0.25, 0.3) is 17.5 Å². The number of nitrogens with one attached hydrogen (secondary N) is 2. The largest absolute Gasteiger partial charge is 0.336 e. The lowest BCUT2D eigenvalue weighted by atomic mass is 10.1. The molecule has 0 radical (unpaired) electrons. The topological polar surface area (TPSA) is 123 Å². The summed E-state index contributed by atoms with van der Waals surface area (Å²) in [6, 6.07) is 10.9. The van der Waals surface area contributed by atoms with E-state index in [1.165, 1.54) is 0 Å². The molecule has 0 atom stereocenters. The van der Waals surface area contributed by atoms with Crippen molar-refractivity contribution in [2.75, 3.05) is 0 Å². The number of hydrogen-bond donors (Lipinski definition) is 2. The molecule has 2 N–H and O–H groups in total. The Balaban J connectivity index is 1.22. The first-order valence-electron chi connectivity index (χ1n) is 11.3. The third-order valence-corrected chi connectivity index (χ3v) is 6.63. The zero-order valence-corrected chi connectivity index (χ0v) is 20.4. The summed E-state index contributed by atoms with van der Waals surface area (Å²) < 4.78 is 5.29. The number of carbonyl (C=O) groups excluding carboxylic acids is 2. The molecule has 0 aliphatic heterocycles. The van der Waals surface area contributed by atoms with Gasteiger partial charge in [0.05, 0.1) is 16.6 Å². The van der Waals surface area contributed by atoms with E-state index in [1.54, 1.807) is 36.9 Å². The fourth-order valence-electron chi connectivity index (χ4n) is 3.79. The normalized spacial score (nSPS) is 13.1. The molecule has 1 aliphatic rings. The van der Waals surface area contributed by atoms with E-state index in [0.29, 0.717) is 39.6 Å². The fraction of sp³-hybridized carbons (Fsp3) is 0.280. The fourth-order valence-corrected chi connectivity index (χ4v) is 4.70. The Morgan fingerprint density at radius 2 is 1.66 bits per heavy atom. The quantitative estimate of drug-likeness (QED) is 0.235. The average molecular weight is 489 g/mol. The van der Waals surface area contributed by atoms with E-state index >= 15 is 0 Å². The lowest BCUT2D eigenvalue weighted by Crippen LogP contribution is -2.41. The van der Waals surface area contributed by atoms with E-state index in [1.807, 2.05) is 32.0 Å². The van der Waals surface area contributed by atoms with Crippen molar-refractivity contribution in [3.8, 4) is 0 Å². The van der Waals surface area contributed by atoms with Crippen molar-refractivity contribution in [1.82, 2.24) is 31.0 Å². The lowest BCUT2D eigenvalue weighted by molar-refractivity contribution is 0.0847. The van der Waals surface area contributed by atoms with Gasteiger partial charge in [0.1, 0.15) is 0 Å². The number of aryl methyl sites for hydroxylation is 3. The van der Waals surface area contributed by atoms with Gasteiger partial charge in [-0.25, -0.2) is 15.0 Å². The summed E-state index contributed by atoms with van der Waals surface area (Å²) in [5.74, 6) is 0.163. The Morgan fingerprint density at radius 1 is 0.971 bits per heavy atom. The van der Waals surface area contributed by atoms with Crippen LogP contribution in [-0.2, 0) is 5.75 Å². The minimum absolute atomic E-state index is 0.336. The Morgan fingerprint density at radius 3 is 2.34 bits per heavy atom. The van der Waals surface area contributed by atoms with E-state index in [0.717, 1.165) is 40.6 Å². The van der Waals surface area contributed by atoms with Crippen LogP contribution in [0.1, 0.15) is 67.8 Å². The number of thioether (sulfide) groups is 1. The van der Waals surface area contributed by atoms with Crippen LogP contribution >= 0.6 is 11.8 Å². The highest BCUT2D eigenvalue weighted by molar-refractivity contribution is 7.98. The average Bonchev–Trinajstić information content (AvgIpc) is 3.63. The highest BCUT2D eigenvalue weighted by Gasteiger charge is 2.28. The highest BCUT2D eigenvalue weighted by atomic mass is 32.2. The van der Waals surface area contributed by atoms with Gasteiger partial charge in [-0.1, -0.05) is 29.1 Å². The van der Waals surface area contributed by atoms with Crippen LogP contribution in [0, 0.1) is 20.8 Å². The number of amides is 2. The van der Waals surface area contributed by atoms with Crippen molar-refractivity contribution >= 4 is 34.7 Å². The molecule has 10 heteroatoms. The molecule has 2 amide bonds. The summed E-state index contributed by atoms with van der Waals surface area (Å²) in [6.45, 7) is 5.65. The third kappa shape index (κ3) is 5.17. The van der Waals surface area contributed by atoms with Crippen molar-refractivity contribution < 1.29 is 14.1 Å². The summed E-state index contributed by atoms with van der Waals surface area (Å²) in [7, 11) is 0. The van der Waals surface area contributed by atoms with E-state index in [4.69, 9.17) is 4.52 Å². The maximum Gasteiger partial charge on any atom is 0.270 e. The van der Waals surface area contributed by atoms with Crippen molar-refractivity contribution in [3.63, 3.8) is 0 Å². The monoisotopic (exact) mass is 488 g/mol. The molecule has 0 saturated heterocycles. The second kappa shape index (κ2) is 9.46.